The molecule has 1 aliphatic rings. The summed E-state index contributed by atoms with van der Waals surface area (Å²) in [5.74, 6) is -0.430. The van der Waals surface area contributed by atoms with Gasteiger partial charge in [0.15, 0.2) is 0 Å². The Labute approximate surface area is 122 Å². The molecule has 3 rings (SSSR count). The second kappa shape index (κ2) is 5.44. The number of aromatic nitrogens is 2. The normalized spacial score (nSPS) is 16.5. The highest BCUT2D eigenvalue weighted by atomic mass is 35.5. The molecule has 1 fully saturated rings. The van der Waals surface area contributed by atoms with Gasteiger partial charge in [0.25, 0.3) is 0 Å². The first-order valence-electron chi connectivity index (χ1n) is 6.95. The van der Waals surface area contributed by atoms with Gasteiger partial charge < -0.3 is 5.73 Å². The van der Waals surface area contributed by atoms with E-state index in [0.717, 1.165) is 18.4 Å². The summed E-state index contributed by atoms with van der Waals surface area (Å²) in [4.78, 5) is 0. The maximum absolute atomic E-state index is 13.2. The van der Waals surface area contributed by atoms with E-state index < -0.39 is 5.82 Å². The number of rotatable bonds is 2. The molecular formula is C15H17ClFN3. The summed E-state index contributed by atoms with van der Waals surface area (Å²) in [5.41, 5.74) is 8.09. The molecule has 0 radical (unpaired) electrons. The fraction of sp³-hybridized carbons (Fsp3) is 0.400. The van der Waals surface area contributed by atoms with Crippen molar-refractivity contribution >= 4 is 17.3 Å². The van der Waals surface area contributed by atoms with E-state index in [1.165, 1.54) is 25.3 Å². The Balaban J connectivity index is 1.93. The molecule has 106 valence electrons. The van der Waals surface area contributed by atoms with E-state index >= 15 is 0 Å². The van der Waals surface area contributed by atoms with Gasteiger partial charge in [0, 0.05) is 11.8 Å². The predicted octanol–water partition coefficient (Wildman–Crippen LogP) is 4.43. The molecule has 0 spiro atoms. The van der Waals surface area contributed by atoms with Crippen LogP contribution < -0.4 is 5.73 Å². The number of hydrogen-bond donors (Lipinski definition) is 1. The monoisotopic (exact) mass is 293 g/mol. The van der Waals surface area contributed by atoms with E-state index in [1.807, 2.05) is 10.9 Å². The van der Waals surface area contributed by atoms with E-state index in [9.17, 15) is 4.39 Å². The summed E-state index contributed by atoms with van der Waals surface area (Å²) < 4.78 is 15.2. The molecule has 1 aromatic carbocycles. The average Bonchev–Trinajstić information content (AvgIpc) is 2.85. The van der Waals surface area contributed by atoms with Gasteiger partial charge in [0.05, 0.1) is 16.8 Å². The second-order valence-corrected chi connectivity index (χ2v) is 5.74. The third kappa shape index (κ3) is 2.52. The van der Waals surface area contributed by atoms with E-state index in [1.54, 1.807) is 12.1 Å². The minimum absolute atomic E-state index is 0.0918. The van der Waals surface area contributed by atoms with E-state index in [-0.39, 0.29) is 5.02 Å². The molecule has 0 saturated heterocycles. The third-order valence-electron chi connectivity index (χ3n) is 3.90. The SMILES string of the molecule is Nc1cn(C2CCCCC2)nc1-c1ccc(F)c(Cl)c1. The highest BCUT2D eigenvalue weighted by Crippen LogP contribution is 2.32. The molecule has 1 heterocycles. The highest BCUT2D eigenvalue weighted by molar-refractivity contribution is 6.31. The van der Waals surface area contributed by atoms with Crippen molar-refractivity contribution in [1.82, 2.24) is 9.78 Å². The van der Waals surface area contributed by atoms with Gasteiger partial charge >= 0.3 is 0 Å². The summed E-state index contributed by atoms with van der Waals surface area (Å²) in [5, 5.41) is 4.68. The van der Waals surface area contributed by atoms with Gasteiger partial charge in [-0.3, -0.25) is 4.68 Å². The van der Waals surface area contributed by atoms with Crippen molar-refractivity contribution in [3.05, 3.63) is 35.2 Å². The van der Waals surface area contributed by atoms with Crippen LogP contribution in [0, 0.1) is 5.82 Å². The average molecular weight is 294 g/mol. The quantitative estimate of drug-likeness (QED) is 0.890. The van der Waals surface area contributed by atoms with Gasteiger partial charge in [0.1, 0.15) is 11.5 Å². The molecule has 0 amide bonds. The Hall–Kier alpha value is -1.55. The largest absolute Gasteiger partial charge is 0.396 e. The van der Waals surface area contributed by atoms with Gasteiger partial charge in [-0.05, 0) is 31.0 Å². The number of anilines is 1. The van der Waals surface area contributed by atoms with Gasteiger partial charge in [-0.2, -0.15) is 5.10 Å². The van der Waals surface area contributed by atoms with E-state index in [4.69, 9.17) is 17.3 Å². The summed E-state index contributed by atoms with van der Waals surface area (Å²) in [6.45, 7) is 0. The van der Waals surface area contributed by atoms with Crippen molar-refractivity contribution in [2.24, 2.45) is 0 Å². The van der Waals surface area contributed by atoms with Crippen molar-refractivity contribution in [3.8, 4) is 11.3 Å². The molecule has 20 heavy (non-hydrogen) atoms. The Kier molecular flexibility index (Phi) is 3.66. The summed E-state index contributed by atoms with van der Waals surface area (Å²) >= 11 is 5.82. The van der Waals surface area contributed by atoms with E-state index in [2.05, 4.69) is 5.10 Å². The van der Waals surface area contributed by atoms with Crippen LogP contribution in [0.2, 0.25) is 5.02 Å². The van der Waals surface area contributed by atoms with Crippen LogP contribution in [-0.4, -0.2) is 9.78 Å². The van der Waals surface area contributed by atoms with Crippen LogP contribution in [0.3, 0.4) is 0 Å². The molecule has 0 aliphatic heterocycles. The minimum Gasteiger partial charge on any atom is -0.396 e. The topological polar surface area (TPSA) is 43.8 Å². The van der Waals surface area contributed by atoms with Crippen LogP contribution in [0.4, 0.5) is 10.1 Å². The molecule has 0 unspecified atom stereocenters. The Morgan fingerprint density at radius 1 is 1.25 bits per heavy atom. The van der Waals surface area contributed by atoms with Crippen molar-refractivity contribution in [3.63, 3.8) is 0 Å². The van der Waals surface area contributed by atoms with E-state index in [0.29, 0.717) is 17.4 Å². The lowest BCUT2D eigenvalue weighted by molar-refractivity contribution is 0.330. The summed E-state index contributed by atoms with van der Waals surface area (Å²) in [6.07, 6.45) is 7.94. The van der Waals surface area contributed by atoms with Gasteiger partial charge in [0.2, 0.25) is 0 Å². The predicted molar refractivity (Wildman–Crippen MR) is 79.2 cm³/mol. The summed E-state index contributed by atoms with van der Waals surface area (Å²) in [6, 6.07) is 5.00. The maximum atomic E-state index is 13.2. The Bertz CT molecular complexity index is 618. The van der Waals surface area contributed by atoms with Crippen LogP contribution in [0.25, 0.3) is 11.3 Å². The molecule has 1 saturated carbocycles. The molecule has 3 nitrogen and oxygen atoms in total. The maximum Gasteiger partial charge on any atom is 0.141 e. The number of nitrogens with two attached hydrogens (primary N) is 1. The smallest absolute Gasteiger partial charge is 0.141 e. The number of hydrogen-bond acceptors (Lipinski definition) is 2. The molecule has 1 aromatic heterocycles. The molecule has 1 aliphatic carbocycles. The second-order valence-electron chi connectivity index (χ2n) is 5.33. The molecule has 0 bridgehead atoms. The minimum atomic E-state index is -0.430. The first-order valence-corrected chi connectivity index (χ1v) is 7.33. The van der Waals surface area contributed by atoms with Crippen LogP contribution in [-0.2, 0) is 0 Å². The number of benzene rings is 1. The zero-order valence-electron chi connectivity index (χ0n) is 11.1. The fourth-order valence-electron chi connectivity index (χ4n) is 2.81. The molecule has 2 aromatic rings. The van der Waals surface area contributed by atoms with Crippen molar-refractivity contribution < 1.29 is 4.39 Å². The van der Waals surface area contributed by atoms with Crippen LogP contribution in [0.1, 0.15) is 38.1 Å². The zero-order chi connectivity index (χ0) is 14.1. The molecule has 5 heteroatoms. The Morgan fingerprint density at radius 2 is 2.00 bits per heavy atom. The van der Waals surface area contributed by atoms with Crippen molar-refractivity contribution in [2.75, 3.05) is 5.73 Å². The lowest BCUT2D eigenvalue weighted by Crippen LogP contribution is -2.13. The number of halogens is 2. The van der Waals surface area contributed by atoms with Gasteiger partial charge in [-0.15, -0.1) is 0 Å². The standard InChI is InChI=1S/C15H17ClFN3/c16-12-8-10(6-7-13(12)17)15-14(18)9-20(19-15)11-4-2-1-3-5-11/h6-9,11H,1-5,18H2. The van der Waals surface area contributed by atoms with Crippen molar-refractivity contribution in [2.45, 2.75) is 38.1 Å². The number of nitrogen functional groups attached to an aromatic ring is 1. The molecule has 0 atom stereocenters. The molecule has 2 N–H and O–H groups in total. The lowest BCUT2D eigenvalue weighted by Gasteiger charge is -2.21. The van der Waals surface area contributed by atoms with Gasteiger partial charge in [-0.1, -0.05) is 30.9 Å². The van der Waals surface area contributed by atoms with Crippen molar-refractivity contribution in [1.29, 1.82) is 0 Å². The van der Waals surface area contributed by atoms with Crippen LogP contribution in [0.5, 0.6) is 0 Å². The summed E-state index contributed by atoms with van der Waals surface area (Å²) in [7, 11) is 0. The van der Waals surface area contributed by atoms with Crippen LogP contribution in [0.15, 0.2) is 24.4 Å². The first kappa shape index (κ1) is 13.4. The third-order valence-corrected chi connectivity index (χ3v) is 4.19. The van der Waals surface area contributed by atoms with Gasteiger partial charge in [-0.25, -0.2) is 4.39 Å². The molecular weight excluding hydrogens is 277 g/mol. The number of nitrogens with zero attached hydrogens (tertiary/aromatic N) is 2. The highest BCUT2D eigenvalue weighted by Gasteiger charge is 2.18. The van der Waals surface area contributed by atoms with Crippen LogP contribution >= 0.6 is 11.6 Å². The lowest BCUT2D eigenvalue weighted by atomic mass is 9.96. The zero-order valence-corrected chi connectivity index (χ0v) is 11.9. The fourth-order valence-corrected chi connectivity index (χ4v) is 2.99. The first-order chi connectivity index (χ1) is 9.65. The Morgan fingerprint density at radius 3 is 2.70 bits per heavy atom.